The molecule has 2 aliphatic rings. The monoisotopic (exact) mass is 366 g/mol. The van der Waals surface area contributed by atoms with Crippen LogP contribution >= 0.6 is 0 Å². The van der Waals surface area contributed by atoms with E-state index in [1.54, 1.807) is 0 Å². The number of hydrogen-bond acceptors (Lipinski definition) is 4. The lowest BCUT2D eigenvalue weighted by Gasteiger charge is -2.42. The average molecular weight is 367 g/mol. The molecule has 0 saturated carbocycles. The van der Waals surface area contributed by atoms with Crippen LogP contribution in [0.15, 0.2) is 30.5 Å². The highest BCUT2D eigenvalue weighted by Crippen LogP contribution is 2.28. The standard InChI is InChI=1S/C23H34N4/c1-18-6-7-23-21(5-4-10-24-23)22(18)17-26-11-8-20(9-12-26)19(2)27-15-13-25(3)14-16-27/h4-7,10,19-20H,8-9,11-17H2,1-3H3. The van der Waals surface area contributed by atoms with E-state index in [-0.39, 0.29) is 0 Å². The van der Waals surface area contributed by atoms with Gasteiger partial charge in [0.2, 0.25) is 0 Å². The van der Waals surface area contributed by atoms with Gasteiger partial charge in [-0.05, 0) is 76.0 Å². The van der Waals surface area contributed by atoms with Gasteiger partial charge in [-0.15, -0.1) is 0 Å². The van der Waals surface area contributed by atoms with E-state index in [1.165, 1.54) is 68.6 Å². The van der Waals surface area contributed by atoms with Crippen molar-refractivity contribution in [3.05, 3.63) is 41.6 Å². The van der Waals surface area contributed by atoms with Crippen molar-refractivity contribution in [2.75, 3.05) is 46.3 Å². The molecule has 1 unspecified atom stereocenters. The number of aromatic nitrogens is 1. The molecule has 1 atom stereocenters. The minimum absolute atomic E-state index is 0.726. The Morgan fingerprint density at radius 1 is 1.04 bits per heavy atom. The zero-order chi connectivity index (χ0) is 18.8. The molecule has 146 valence electrons. The van der Waals surface area contributed by atoms with Gasteiger partial charge in [0.05, 0.1) is 5.52 Å². The Balaban J connectivity index is 1.37. The molecular weight excluding hydrogens is 332 g/mol. The Kier molecular flexibility index (Phi) is 5.76. The van der Waals surface area contributed by atoms with E-state index in [0.29, 0.717) is 0 Å². The first-order valence-corrected chi connectivity index (χ1v) is 10.6. The molecule has 2 saturated heterocycles. The van der Waals surface area contributed by atoms with Gasteiger partial charge < -0.3 is 4.90 Å². The predicted octanol–water partition coefficient (Wildman–Crippen LogP) is 3.39. The number of pyridine rings is 1. The largest absolute Gasteiger partial charge is 0.304 e. The lowest BCUT2D eigenvalue weighted by Crippen LogP contribution is -2.51. The van der Waals surface area contributed by atoms with E-state index in [1.807, 2.05) is 6.20 Å². The maximum Gasteiger partial charge on any atom is 0.0705 e. The molecule has 0 N–H and O–H groups in total. The number of likely N-dealkylation sites (N-methyl/N-ethyl adjacent to an activating group) is 1. The van der Waals surface area contributed by atoms with E-state index in [2.05, 4.69) is 64.8 Å². The van der Waals surface area contributed by atoms with Gasteiger partial charge in [0.25, 0.3) is 0 Å². The quantitative estimate of drug-likeness (QED) is 0.827. The van der Waals surface area contributed by atoms with E-state index in [4.69, 9.17) is 0 Å². The second-order valence-electron chi connectivity index (χ2n) is 8.62. The van der Waals surface area contributed by atoms with Gasteiger partial charge in [-0.3, -0.25) is 14.8 Å². The predicted molar refractivity (Wildman–Crippen MR) is 113 cm³/mol. The molecule has 4 rings (SSSR count). The molecule has 4 heteroatoms. The topological polar surface area (TPSA) is 22.6 Å². The van der Waals surface area contributed by atoms with Gasteiger partial charge in [-0.25, -0.2) is 0 Å². The second kappa shape index (κ2) is 8.26. The smallest absolute Gasteiger partial charge is 0.0705 e. The molecule has 0 radical (unpaired) electrons. The van der Waals surface area contributed by atoms with E-state index in [9.17, 15) is 0 Å². The van der Waals surface area contributed by atoms with Crippen LogP contribution < -0.4 is 0 Å². The summed E-state index contributed by atoms with van der Waals surface area (Å²) in [5.74, 6) is 0.847. The number of fused-ring (bicyclic) bond motifs is 1. The molecule has 0 spiro atoms. The van der Waals surface area contributed by atoms with Crippen LogP contribution in [-0.4, -0.2) is 72.0 Å². The summed E-state index contributed by atoms with van der Waals surface area (Å²) in [6.45, 7) is 13.1. The third kappa shape index (κ3) is 4.18. The van der Waals surface area contributed by atoms with Crippen LogP contribution in [0.1, 0.15) is 30.9 Å². The Hall–Kier alpha value is -1.49. The zero-order valence-corrected chi connectivity index (χ0v) is 17.2. The highest BCUT2D eigenvalue weighted by Gasteiger charge is 2.29. The van der Waals surface area contributed by atoms with Gasteiger partial charge in [-0.2, -0.15) is 0 Å². The van der Waals surface area contributed by atoms with E-state index < -0.39 is 0 Å². The third-order valence-electron chi connectivity index (χ3n) is 6.94. The minimum Gasteiger partial charge on any atom is -0.304 e. The molecule has 2 fully saturated rings. The molecule has 0 amide bonds. The van der Waals surface area contributed by atoms with Crippen LogP contribution in [0, 0.1) is 12.8 Å². The molecular formula is C23H34N4. The van der Waals surface area contributed by atoms with Gasteiger partial charge in [-0.1, -0.05) is 12.1 Å². The first-order valence-electron chi connectivity index (χ1n) is 10.6. The molecule has 1 aromatic heterocycles. The normalized spacial score (nSPS) is 22.3. The Labute approximate surface area is 164 Å². The molecule has 0 aliphatic carbocycles. The summed E-state index contributed by atoms with van der Waals surface area (Å²) in [5, 5.41) is 1.32. The van der Waals surface area contributed by atoms with E-state index >= 15 is 0 Å². The maximum atomic E-state index is 4.54. The Bertz CT molecular complexity index is 758. The lowest BCUT2D eigenvalue weighted by atomic mass is 9.88. The molecule has 2 aromatic rings. The fourth-order valence-corrected chi connectivity index (χ4v) is 4.88. The summed E-state index contributed by atoms with van der Waals surface area (Å²) in [6, 6.07) is 9.40. The van der Waals surface area contributed by atoms with Crippen molar-refractivity contribution in [1.29, 1.82) is 0 Å². The van der Waals surface area contributed by atoms with Gasteiger partial charge in [0.1, 0.15) is 0 Å². The zero-order valence-electron chi connectivity index (χ0n) is 17.2. The maximum absolute atomic E-state index is 4.54. The second-order valence-corrected chi connectivity index (χ2v) is 8.62. The van der Waals surface area contributed by atoms with Crippen molar-refractivity contribution >= 4 is 10.9 Å². The number of piperazine rings is 1. The van der Waals surface area contributed by atoms with Crippen LogP contribution in [-0.2, 0) is 6.54 Å². The van der Waals surface area contributed by atoms with Crippen molar-refractivity contribution in [2.45, 2.75) is 39.3 Å². The Morgan fingerprint density at radius 3 is 2.52 bits per heavy atom. The minimum atomic E-state index is 0.726. The number of benzene rings is 1. The van der Waals surface area contributed by atoms with Crippen molar-refractivity contribution in [3.8, 4) is 0 Å². The number of hydrogen-bond donors (Lipinski definition) is 0. The number of rotatable bonds is 4. The third-order valence-corrected chi connectivity index (χ3v) is 6.94. The first kappa shape index (κ1) is 18.9. The SMILES string of the molecule is Cc1ccc2ncccc2c1CN1CCC(C(C)N2CCN(C)CC2)CC1. The van der Waals surface area contributed by atoms with Crippen LogP contribution in [0.5, 0.6) is 0 Å². The summed E-state index contributed by atoms with van der Waals surface area (Å²) in [7, 11) is 2.24. The summed E-state index contributed by atoms with van der Waals surface area (Å²) < 4.78 is 0. The van der Waals surface area contributed by atoms with Gasteiger partial charge in [0.15, 0.2) is 0 Å². The molecule has 2 aliphatic heterocycles. The summed E-state index contributed by atoms with van der Waals surface area (Å²) >= 11 is 0. The first-order chi connectivity index (χ1) is 13.1. The van der Waals surface area contributed by atoms with Crippen molar-refractivity contribution in [3.63, 3.8) is 0 Å². The lowest BCUT2D eigenvalue weighted by molar-refractivity contribution is 0.0599. The number of piperidine rings is 1. The van der Waals surface area contributed by atoms with Gasteiger partial charge >= 0.3 is 0 Å². The Morgan fingerprint density at radius 2 is 1.78 bits per heavy atom. The van der Waals surface area contributed by atoms with Crippen LogP contribution in [0.3, 0.4) is 0 Å². The van der Waals surface area contributed by atoms with Crippen molar-refractivity contribution in [2.24, 2.45) is 5.92 Å². The summed E-state index contributed by atoms with van der Waals surface area (Å²) in [4.78, 5) is 12.4. The number of nitrogens with zero attached hydrogens (tertiary/aromatic N) is 4. The molecule has 3 heterocycles. The van der Waals surface area contributed by atoms with Crippen molar-refractivity contribution in [1.82, 2.24) is 19.7 Å². The molecule has 27 heavy (non-hydrogen) atoms. The molecule has 0 bridgehead atoms. The van der Waals surface area contributed by atoms with Crippen molar-refractivity contribution < 1.29 is 0 Å². The average Bonchev–Trinajstić information content (AvgIpc) is 2.71. The number of aryl methyl sites for hydroxylation is 1. The van der Waals surface area contributed by atoms with Crippen LogP contribution in [0.25, 0.3) is 10.9 Å². The summed E-state index contributed by atoms with van der Waals surface area (Å²) in [6.07, 6.45) is 4.55. The fraction of sp³-hybridized carbons (Fsp3) is 0.609. The van der Waals surface area contributed by atoms with Crippen LogP contribution in [0.2, 0.25) is 0 Å². The number of likely N-dealkylation sites (tertiary alicyclic amines) is 1. The van der Waals surface area contributed by atoms with Gasteiger partial charge in [0, 0.05) is 50.3 Å². The highest BCUT2D eigenvalue weighted by molar-refractivity contribution is 5.83. The van der Waals surface area contributed by atoms with E-state index in [0.717, 1.165) is 24.0 Å². The fourth-order valence-electron chi connectivity index (χ4n) is 4.88. The highest BCUT2D eigenvalue weighted by atomic mass is 15.3. The molecule has 4 nitrogen and oxygen atoms in total. The summed E-state index contributed by atoms with van der Waals surface area (Å²) in [5.41, 5.74) is 3.98. The van der Waals surface area contributed by atoms with Crippen LogP contribution in [0.4, 0.5) is 0 Å². The molecule has 1 aromatic carbocycles.